The third-order valence-corrected chi connectivity index (χ3v) is 4.15. The van der Waals surface area contributed by atoms with Gasteiger partial charge in [0.1, 0.15) is 0 Å². The summed E-state index contributed by atoms with van der Waals surface area (Å²) in [6, 6.07) is 11.6. The van der Waals surface area contributed by atoms with Gasteiger partial charge in [-0.15, -0.1) is 0 Å². The summed E-state index contributed by atoms with van der Waals surface area (Å²) in [7, 11) is 0. The van der Waals surface area contributed by atoms with E-state index in [1.807, 2.05) is 26.8 Å². The number of alkyl halides is 3. The van der Waals surface area contributed by atoms with Gasteiger partial charge in [0.2, 0.25) is 0 Å². The van der Waals surface area contributed by atoms with Crippen molar-refractivity contribution in [2.45, 2.75) is 60.1 Å². The summed E-state index contributed by atoms with van der Waals surface area (Å²) in [6.07, 6.45) is -4.23. The van der Waals surface area contributed by atoms with Crippen LogP contribution in [-0.2, 0) is 6.18 Å². The van der Waals surface area contributed by atoms with Crippen molar-refractivity contribution in [2.75, 3.05) is 0 Å². The van der Waals surface area contributed by atoms with E-state index in [4.69, 9.17) is 11.6 Å². The number of aryl methyl sites for hydroxylation is 1. The molecule has 4 heteroatoms. The van der Waals surface area contributed by atoms with Gasteiger partial charge in [-0.3, -0.25) is 0 Å². The number of benzene rings is 2. The maximum atomic E-state index is 12.2. The van der Waals surface area contributed by atoms with Crippen molar-refractivity contribution in [1.82, 2.24) is 0 Å². The normalized spacial score (nSPS) is 11.0. The van der Waals surface area contributed by atoms with Gasteiger partial charge in [-0.1, -0.05) is 77.1 Å². The van der Waals surface area contributed by atoms with Gasteiger partial charge in [0.05, 0.1) is 5.56 Å². The molecule has 0 radical (unpaired) electrons. The van der Waals surface area contributed by atoms with E-state index in [0.29, 0.717) is 5.92 Å². The standard InChI is InChI=1S/C10H13Cl.C10H11F3.CH4/c1-7(2)9-4-5-10(11)8(3)6-9;1-7(2)8-4-3-5-9(6-8)10(11,12)13;/h4-7H,1-3H3;3-7H,1-2H3;1H4. The molecule has 0 fully saturated rings. The highest BCUT2D eigenvalue weighted by molar-refractivity contribution is 6.31. The molecule has 2 rings (SSSR count). The third-order valence-electron chi connectivity index (χ3n) is 3.73. The smallest absolute Gasteiger partial charge is 0.166 e. The van der Waals surface area contributed by atoms with Crippen LogP contribution in [-0.4, -0.2) is 0 Å². The Morgan fingerprint density at radius 2 is 1.36 bits per heavy atom. The van der Waals surface area contributed by atoms with Crippen LogP contribution in [0, 0.1) is 6.92 Å². The lowest BCUT2D eigenvalue weighted by Crippen LogP contribution is -2.05. The first-order valence-corrected chi connectivity index (χ1v) is 8.33. The third kappa shape index (κ3) is 7.52. The zero-order valence-electron chi connectivity index (χ0n) is 14.7. The Morgan fingerprint density at radius 1 is 0.840 bits per heavy atom. The summed E-state index contributed by atoms with van der Waals surface area (Å²) in [5, 5.41) is 0.856. The fourth-order valence-corrected chi connectivity index (χ4v) is 2.22. The summed E-state index contributed by atoms with van der Waals surface area (Å²) in [4.78, 5) is 0. The van der Waals surface area contributed by atoms with E-state index in [9.17, 15) is 13.2 Å². The average molecular weight is 373 g/mol. The average Bonchev–Trinajstić information content (AvgIpc) is 2.49. The van der Waals surface area contributed by atoms with Crippen LogP contribution < -0.4 is 0 Å². The first-order valence-electron chi connectivity index (χ1n) is 7.95. The minimum atomic E-state index is -4.23. The van der Waals surface area contributed by atoms with Crippen molar-refractivity contribution in [1.29, 1.82) is 0 Å². The van der Waals surface area contributed by atoms with Gasteiger partial charge in [-0.05, 0) is 47.6 Å². The molecule has 0 nitrogen and oxygen atoms in total. The highest BCUT2D eigenvalue weighted by Crippen LogP contribution is 2.30. The lowest BCUT2D eigenvalue weighted by Gasteiger charge is -2.10. The Hall–Kier alpha value is -1.48. The molecular weight excluding hydrogens is 345 g/mol. The number of hydrogen-bond donors (Lipinski definition) is 0. The quantitative estimate of drug-likeness (QED) is 0.497. The number of halogens is 4. The molecule has 2 aromatic carbocycles. The van der Waals surface area contributed by atoms with Crippen molar-refractivity contribution >= 4 is 11.6 Å². The number of hydrogen-bond acceptors (Lipinski definition) is 0. The van der Waals surface area contributed by atoms with Gasteiger partial charge in [-0.25, -0.2) is 0 Å². The van der Waals surface area contributed by atoms with Gasteiger partial charge < -0.3 is 0 Å². The molecule has 0 saturated heterocycles. The van der Waals surface area contributed by atoms with E-state index in [2.05, 4.69) is 26.0 Å². The van der Waals surface area contributed by atoms with Gasteiger partial charge in [0, 0.05) is 5.02 Å². The highest BCUT2D eigenvalue weighted by Gasteiger charge is 2.30. The second-order valence-corrected chi connectivity index (χ2v) is 6.85. The fraction of sp³-hybridized carbons (Fsp3) is 0.429. The zero-order chi connectivity index (χ0) is 18.5. The van der Waals surface area contributed by atoms with E-state index in [0.717, 1.165) is 22.2 Å². The molecule has 0 aliphatic heterocycles. The van der Waals surface area contributed by atoms with Crippen LogP contribution in [0.1, 0.15) is 69.2 Å². The SMILES string of the molecule is C.CC(C)c1cccc(C(F)(F)F)c1.Cc1cc(C(C)C)ccc1Cl. The Labute approximate surface area is 155 Å². The van der Waals surface area contributed by atoms with Gasteiger partial charge in [-0.2, -0.15) is 13.2 Å². The molecule has 0 atom stereocenters. The first-order chi connectivity index (χ1) is 11.0. The summed E-state index contributed by atoms with van der Waals surface area (Å²) >= 11 is 5.89. The molecule has 0 N–H and O–H groups in total. The predicted octanol–water partition coefficient (Wildman–Crippen LogP) is 8.24. The van der Waals surface area contributed by atoms with Crippen LogP contribution in [0.25, 0.3) is 0 Å². The molecule has 0 unspecified atom stereocenters. The molecule has 0 spiro atoms. The molecule has 0 bridgehead atoms. The highest BCUT2D eigenvalue weighted by atomic mass is 35.5. The molecule has 2 aromatic rings. The number of rotatable bonds is 2. The van der Waals surface area contributed by atoms with E-state index in [-0.39, 0.29) is 13.3 Å². The minimum absolute atomic E-state index is 0. The molecule has 0 aromatic heterocycles. The monoisotopic (exact) mass is 372 g/mol. The maximum Gasteiger partial charge on any atom is 0.416 e. The van der Waals surface area contributed by atoms with Crippen LogP contribution in [0.2, 0.25) is 5.02 Å². The van der Waals surface area contributed by atoms with Crippen molar-refractivity contribution in [3.63, 3.8) is 0 Å². The van der Waals surface area contributed by atoms with Crippen molar-refractivity contribution < 1.29 is 13.2 Å². The van der Waals surface area contributed by atoms with E-state index in [1.165, 1.54) is 17.7 Å². The Bertz CT molecular complexity index is 658. The second-order valence-electron chi connectivity index (χ2n) is 6.44. The summed E-state index contributed by atoms with van der Waals surface area (Å²) in [5.41, 5.74) is 2.67. The summed E-state index contributed by atoms with van der Waals surface area (Å²) in [5.74, 6) is 0.716. The van der Waals surface area contributed by atoms with Crippen LogP contribution in [0.5, 0.6) is 0 Å². The predicted molar refractivity (Wildman–Crippen MR) is 103 cm³/mol. The lowest BCUT2D eigenvalue weighted by molar-refractivity contribution is -0.137. The summed E-state index contributed by atoms with van der Waals surface area (Å²) < 4.78 is 36.7. The molecule has 25 heavy (non-hydrogen) atoms. The molecule has 140 valence electrons. The molecular formula is C21H28ClF3. The Kier molecular flexibility index (Phi) is 9.28. The van der Waals surface area contributed by atoms with Crippen molar-refractivity contribution in [2.24, 2.45) is 0 Å². The molecule has 0 saturated carbocycles. The van der Waals surface area contributed by atoms with Crippen LogP contribution in [0.3, 0.4) is 0 Å². The molecule has 0 aliphatic rings. The van der Waals surface area contributed by atoms with Crippen LogP contribution >= 0.6 is 11.6 Å². The van der Waals surface area contributed by atoms with Gasteiger partial charge in [0.25, 0.3) is 0 Å². The topological polar surface area (TPSA) is 0 Å². The van der Waals surface area contributed by atoms with E-state index < -0.39 is 11.7 Å². The largest absolute Gasteiger partial charge is 0.416 e. The molecule has 0 heterocycles. The van der Waals surface area contributed by atoms with E-state index >= 15 is 0 Å². The molecule has 0 aliphatic carbocycles. The first kappa shape index (κ1) is 23.5. The second kappa shape index (κ2) is 9.86. The lowest BCUT2D eigenvalue weighted by atomic mass is 10.0. The maximum absolute atomic E-state index is 12.2. The van der Waals surface area contributed by atoms with Gasteiger partial charge in [0.15, 0.2) is 0 Å². The minimum Gasteiger partial charge on any atom is -0.166 e. The van der Waals surface area contributed by atoms with Gasteiger partial charge >= 0.3 is 6.18 Å². The Balaban J connectivity index is 0.000000449. The zero-order valence-corrected chi connectivity index (χ0v) is 15.5. The van der Waals surface area contributed by atoms with Crippen LogP contribution in [0.15, 0.2) is 42.5 Å². The van der Waals surface area contributed by atoms with Crippen molar-refractivity contribution in [3.8, 4) is 0 Å². The Morgan fingerprint density at radius 3 is 1.80 bits per heavy atom. The summed E-state index contributed by atoms with van der Waals surface area (Å²) in [6.45, 7) is 10.1. The van der Waals surface area contributed by atoms with Crippen molar-refractivity contribution in [3.05, 3.63) is 69.7 Å². The fourth-order valence-electron chi connectivity index (χ4n) is 2.10. The van der Waals surface area contributed by atoms with E-state index in [1.54, 1.807) is 6.07 Å². The van der Waals surface area contributed by atoms with Crippen LogP contribution in [0.4, 0.5) is 13.2 Å². The molecule has 0 amide bonds.